The molecule has 0 unspecified atom stereocenters. The lowest BCUT2D eigenvalue weighted by molar-refractivity contribution is -0.129. The summed E-state index contributed by atoms with van der Waals surface area (Å²) in [5, 5.41) is 10.5. The first-order valence-corrected chi connectivity index (χ1v) is 13.2. The molecule has 1 aliphatic rings. The Hall–Kier alpha value is -2.22. The van der Waals surface area contributed by atoms with Crippen molar-refractivity contribution in [2.45, 2.75) is 30.0 Å². The Bertz CT molecular complexity index is 1080. The normalized spacial score (nSPS) is 14.9. The van der Waals surface area contributed by atoms with Crippen LogP contribution in [0.25, 0.3) is 0 Å². The van der Waals surface area contributed by atoms with Gasteiger partial charge in [0.2, 0.25) is 21.1 Å². The molecular formula is C19H25N5O5S3. The van der Waals surface area contributed by atoms with Crippen LogP contribution < -0.4 is 5.32 Å². The molecule has 1 aliphatic heterocycles. The monoisotopic (exact) mass is 499 g/mol. The quantitative estimate of drug-likeness (QED) is 0.455. The van der Waals surface area contributed by atoms with Crippen molar-refractivity contribution in [3.8, 4) is 0 Å². The van der Waals surface area contributed by atoms with E-state index in [1.54, 1.807) is 30.0 Å². The van der Waals surface area contributed by atoms with E-state index < -0.39 is 16.1 Å². The number of rotatable bonds is 7. The number of carbonyl (C=O) groups is 2. The van der Waals surface area contributed by atoms with Gasteiger partial charge in [-0.1, -0.05) is 29.2 Å². The van der Waals surface area contributed by atoms with Crippen molar-refractivity contribution in [1.82, 2.24) is 19.4 Å². The summed E-state index contributed by atoms with van der Waals surface area (Å²) < 4.78 is 32.6. The maximum absolute atomic E-state index is 12.9. The number of hydrogen-bond donors (Lipinski definition) is 1. The largest absolute Gasteiger partial charge is 0.450 e. The van der Waals surface area contributed by atoms with Crippen molar-refractivity contribution in [3.05, 3.63) is 29.3 Å². The SMILES string of the molecule is CCOC(=O)Nc1nnc(SCC(=O)N2CCN(S(=O)(=O)c3ccc(C)c(C)c3)CC2)s1. The van der Waals surface area contributed by atoms with Gasteiger partial charge in [-0.2, -0.15) is 4.31 Å². The summed E-state index contributed by atoms with van der Waals surface area (Å²) in [6, 6.07) is 5.12. The highest BCUT2D eigenvalue weighted by Gasteiger charge is 2.30. The van der Waals surface area contributed by atoms with E-state index in [-0.39, 0.29) is 36.3 Å². The molecule has 2 aromatic rings. The number of benzene rings is 1. The van der Waals surface area contributed by atoms with Crippen LogP contribution in [0.1, 0.15) is 18.1 Å². The second-order valence-corrected chi connectivity index (χ2v) is 11.2. The second-order valence-electron chi connectivity index (χ2n) is 7.04. The highest BCUT2D eigenvalue weighted by atomic mass is 32.2. The van der Waals surface area contributed by atoms with Crippen molar-refractivity contribution >= 4 is 50.3 Å². The Kier molecular flexibility index (Phi) is 8.09. The fourth-order valence-electron chi connectivity index (χ4n) is 2.99. The zero-order chi connectivity index (χ0) is 23.3. The van der Waals surface area contributed by atoms with Gasteiger partial charge in [-0.15, -0.1) is 10.2 Å². The second kappa shape index (κ2) is 10.6. The summed E-state index contributed by atoms with van der Waals surface area (Å²) in [5.74, 6) is 0.0473. The number of amides is 2. The molecule has 174 valence electrons. The standard InChI is InChI=1S/C19H25N5O5S3/c1-4-29-18(26)20-17-21-22-19(31-17)30-12-16(25)23-7-9-24(10-8-23)32(27,28)15-6-5-13(2)14(3)11-15/h5-6,11H,4,7-10,12H2,1-3H3,(H,20,21,26). The van der Waals surface area contributed by atoms with E-state index >= 15 is 0 Å². The molecule has 0 radical (unpaired) electrons. The molecule has 3 rings (SSSR count). The van der Waals surface area contributed by atoms with Crippen molar-refractivity contribution in [2.24, 2.45) is 0 Å². The Labute approximate surface area is 195 Å². The smallest absolute Gasteiger partial charge is 0.413 e. The highest BCUT2D eigenvalue weighted by Crippen LogP contribution is 2.26. The average Bonchev–Trinajstić information content (AvgIpc) is 3.21. The lowest BCUT2D eigenvalue weighted by Crippen LogP contribution is -2.50. The van der Waals surface area contributed by atoms with Crippen LogP contribution in [0.3, 0.4) is 0 Å². The van der Waals surface area contributed by atoms with Gasteiger partial charge in [0.05, 0.1) is 17.3 Å². The highest BCUT2D eigenvalue weighted by molar-refractivity contribution is 8.01. The van der Waals surface area contributed by atoms with E-state index in [0.29, 0.717) is 22.6 Å². The third-order valence-electron chi connectivity index (χ3n) is 4.92. The Morgan fingerprint density at radius 1 is 1.16 bits per heavy atom. The zero-order valence-electron chi connectivity index (χ0n) is 18.0. The molecule has 0 bridgehead atoms. The summed E-state index contributed by atoms with van der Waals surface area (Å²) >= 11 is 2.37. The topological polar surface area (TPSA) is 122 Å². The Morgan fingerprint density at radius 3 is 2.53 bits per heavy atom. The lowest BCUT2D eigenvalue weighted by atomic mass is 10.1. The Morgan fingerprint density at radius 2 is 1.88 bits per heavy atom. The van der Waals surface area contributed by atoms with Crippen LogP contribution >= 0.6 is 23.1 Å². The lowest BCUT2D eigenvalue weighted by Gasteiger charge is -2.34. The van der Waals surface area contributed by atoms with E-state index in [2.05, 4.69) is 15.5 Å². The number of nitrogens with zero attached hydrogens (tertiary/aromatic N) is 4. The van der Waals surface area contributed by atoms with Gasteiger partial charge in [0.15, 0.2) is 4.34 Å². The molecule has 1 fully saturated rings. The summed E-state index contributed by atoms with van der Waals surface area (Å²) in [6.45, 7) is 6.93. The van der Waals surface area contributed by atoms with E-state index in [0.717, 1.165) is 22.5 Å². The number of ether oxygens (including phenoxy) is 1. The number of nitrogens with one attached hydrogen (secondary N) is 1. The van der Waals surface area contributed by atoms with Gasteiger partial charge in [-0.25, -0.2) is 13.2 Å². The molecule has 0 saturated carbocycles. The predicted octanol–water partition coefficient (Wildman–Crippen LogP) is 2.35. The first kappa shape index (κ1) is 24.4. The number of carbonyl (C=O) groups excluding carboxylic acids is 2. The van der Waals surface area contributed by atoms with Crippen LogP contribution in [0.5, 0.6) is 0 Å². The van der Waals surface area contributed by atoms with E-state index in [9.17, 15) is 18.0 Å². The van der Waals surface area contributed by atoms with E-state index in [1.165, 1.54) is 16.1 Å². The van der Waals surface area contributed by atoms with Crippen LogP contribution in [0.4, 0.5) is 9.93 Å². The van der Waals surface area contributed by atoms with E-state index in [4.69, 9.17) is 4.74 Å². The van der Waals surface area contributed by atoms with Gasteiger partial charge in [0, 0.05) is 26.2 Å². The minimum Gasteiger partial charge on any atom is -0.450 e. The van der Waals surface area contributed by atoms with Crippen LogP contribution in [-0.4, -0.2) is 78.4 Å². The van der Waals surface area contributed by atoms with Gasteiger partial charge < -0.3 is 9.64 Å². The maximum Gasteiger partial charge on any atom is 0.413 e. The molecule has 1 N–H and O–H groups in total. The van der Waals surface area contributed by atoms with Gasteiger partial charge in [-0.3, -0.25) is 10.1 Å². The zero-order valence-corrected chi connectivity index (χ0v) is 20.5. The number of aromatic nitrogens is 2. The number of aryl methyl sites for hydroxylation is 2. The van der Waals surface area contributed by atoms with Gasteiger partial charge in [-0.05, 0) is 44.0 Å². The van der Waals surface area contributed by atoms with Crippen molar-refractivity contribution in [1.29, 1.82) is 0 Å². The maximum atomic E-state index is 12.9. The molecule has 10 nitrogen and oxygen atoms in total. The predicted molar refractivity (Wildman–Crippen MR) is 123 cm³/mol. The minimum atomic E-state index is -3.59. The molecule has 1 aromatic heterocycles. The summed E-state index contributed by atoms with van der Waals surface area (Å²) in [7, 11) is -3.59. The van der Waals surface area contributed by atoms with Crippen molar-refractivity contribution < 1.29 is 22.7 Å². The van der Waals surface area contributed by atoms with Gasteiger partial charge in [0.1, 0.15) is 0 Å². The van der Waals surface area contributed by atoms with Crippen LogP contribution in [0.15, 0.2) is 27.4 Å². The fourth-order valence-corrected chi connectivity index (χ4v) is 6.14. The number of anilines is 1. The molecule has 0 spiro atoms. The van der Waals surface area contributed by atoms with Gasteiger partial charge in [0.25, 0.3) is 0 Å². The number of sulfonamides is 1. The summed E-state index contributed by atoms with van der Waals surface area (Å²) in [5.41, 5.74) is 1.96. The van der Waals surface area contributed by atoms with E-state index in [1.807, 2.05) is 13.8 Å². The molecule has 13 heteroatoms. The Balaban J connectivity index is 1.50. The molecular weight excluding hydrogens is 474 g/mol. The first-order valence-electron chi connectivity index (χ1n) is 9.96. The van der Waals surface area contributed by atoms with Crippen molar-refractivity contribution in [3.63, 3.8) is 0 Å². The summed E-state index contributed by atoms with van der Waals surface area (Å²) in [4.78, 5) is 25.9. The molecule has 0 aliphatic carbocycles. The van der Waals surface area contributed by atoms with Crippen LogP contribution in [-0.2, 0) is 19.6 Å². The molecule has 32 heavy (non-hydrogen) atoms. The fraction of sp³-hybridized carbons (Fsp3) is 0.474. The number of hydrogen-bond acceptors (Lipinski definition) is 9. The van der Waals surface area contributed by atoms with Crippen LogP contribution in [0, 0.1) is 13.8 Å². The number of piperazine rings is 1. The molecule has 1 aromatic carbocycles. The number of thioether (sulfide) groups is 1. The molecule has 0 atom stereocenters. The van der Waals surface area contributed by atoms with Crippen molar-refractivity contribution in [2.75, 3.05) is 43.9 Å². The van der Waals surface area contributed by atoms with Crippen LogP contribution in [0.2, 0.25) is 0 Å². The summed E-state index contributed by atoms with van der Waals surface area (Å²) in [6.07, 6.45) is -0.607. The molecule has 2 amide bonds. The minimum absolute atomic E-state index is 0.103. The third kappa shape index (κ3) is 5.97. The van der Waals surface area contributed by atoms with Gasteiger partial charge >= 0.3 is 6.09 Å². The first-order chi connectivity index (χ1) is 15.2. The third-order valence-corrected chi connectivity index (χ3v) is 8.77. The molecule has 1 saturated heterocycles. The average molecular weight is 500 g/mol. The molecule has 2 heterocycles.